The molecule has 0 atom stereocenters. The van der Waals surface area contributed by atoms with Crippen LogP contribution in [0.4, 0.5) is 5.69 Å². The summed E-state index contributed by atoms with van der Waals surface area (Å²) < 4.78 is 0. The Kier molecular flexibility index (Phi) is 5.16. The van der Waals surface area contributed by atoms with Gasteiger partial charge < -0.3 is 15.5 Å². The summed E-state index contributed by atoms with van der Waals surface area (Å²) in [5.74, 6) is -0.0249. The molecule has 23 heavy (non-hydrogen) atoms. The quantitative estimate of drug-likeness (QED) is 0.892. The zero-order valence-electron chi connectivity index (χ0n) is 12.9. The van der Waals surface area contributed by atoms with E-state index < -0.39 is 0 Å². The second-order valence-corrected chi connectivity index (χ2v) is 6.04. The van der Waals surface area contributed by atoms with Gasteiger partial charge in [-0.25, -0.2) is 0 Å². The summed E-state index contributed by atoms with van der Waals surface area (Å²) >= 11 is 5.86. The molecule has 2 N–H and O–H groups in total. The van der Waals surface area contributed by atoms with E-state index in [0.717, 1.165) is 37.4 Å². The summed E-state index contributed by atoms with van der Waals surface area (Å²) in [6, 6.07) is 7.16. The minimum absolute atomic E-state index is 0.0249. The molecule has 2 aliphatic heterocycles. The summed E-state index contributed by atoms with van der Waals surface area (Å²) in [4.78, 5) is 14.4. The van der Waals surface area contributed by atoms with E-state index in [-0.39, 0.29) is 5.91 Å². The fourth-order valence-electron chi connectivity index (χ4n) is 2.77. The van der Waals surface area contributed by atoms with Crippen LogP contribution in [0.25, 0.3) is 0 Å². The molecule has 0 saturated carbocycles. The molecule has 1 amide bonds. The molecule has 2 heterocycles. The highest BCUT2D eigenvalue weighted by molar-refractivity contribution is 6.30. The van der Waals surface area contributed by atoms with Crippen molar-refractivity contribution in [2.45, 2.75) is 6.42 Å². The van der Waals surface area contributed by atoms with E-state index in [2.05, 4.69) is 39.8 Å². The van der Waals surface area contributed by atoms with Crippen LogP contribution in [0, 0.1) is 0 Å². The van der Waals surface area contributed by atoms with Crippen molar-refractivity contribution in [2.75, 3.05) is 31.5 Å². The third kappa shape index (κ3) is 4.24. The number of hydrogen-bond donors (Lipinski definition) is 2. The van der Waals surface area contributed by atoms with Crippen LogP contribution in [-0.2, 0) is 4.79 Å². The lowest BCUT2D eigenvalue weighted by molar-refractivity contribution is -0.116. The number of amides is 1. The number of carbonyl (C=O) groups is 1. The molecule has 1 aromatic rings. The van der Waals surface area contributed by atoms with Crippen molar-refractivity contribution in [1.82, 2.24) is 10.2 Å². The standard InChI is InChI=1S/C18H20ClN3O/c19-15-4-6-16(7-5-15)21-18(23)13-22-12-2-1-3-17(22)14-8-10-20-11-9-14/h1-8,20H,9-13H2,(H,21,23). The van der Waals surface area contributed by atoms with E-state index in [1.807, 2.05) is 12.1 Å². The average Bonchev–Trinajstić information content (AvgIpc) is 2.58. The summed E-state index contributed by atoms with van der Waals surface area (Å²) in [6.07, 6.45) is 9.43. The number of carbonyl (C=O) groups excluding carboxylic acids is 1. The van der Waals surface area contributed by atoms with Crippen LogP contribution in [0.2, 0.25) is 5.02 Å². The monoisotopic (exact) mass is 329 g/mol. The molecule has 0 spiro atoms. The lowest BCUT2D eigenvalue weighted by Crippen LogP contribution is -2.35. The molecular weight excluding hydrogens is 310 g/mol. The van der Waals surface area contributed by atoms with E-state index in [1.165, 1.54) is 5.57 Å². The summed E-state index contributed by atoms with van der Waals surface area (Å²) in [7, 11) is 0. The first kappa shape index (κ1) is 15.8. The first-order chi connectivity index (χ1) is 11.2. The molecule has 1 aromatic carbocycles. The van der Waals surface area contributed by atoms with Gasteiger partial charge in [-0.3, -0.25) is 4.79 Å². The molecule has 0 fully saturated rings. The smallest absolute Gasteiger partial charge is 0.243 e. The van der Waals surface area contributed by atoms with Crippen molar-refractivity contribution >= 4 is 23.2 Å². The third-order valence-corrected chi connectivity index (χ3v) is 4.16. The summed E-state index contributed by atoms with van der Waals surface area (Å²) in [5, 5.41) is 6.89. The van der Waals surface area contributed by atoms with Crippen molar-refractivity contribution in [3.05, 3.63) is 64.9 Å². The number of hydrogen-bond acceptors (Lipinski definition) is 3. The maximum Gasteiger partial charge on any atom is 0.243 e. The normalized spacial score (nSPS) is 17.5. The largest absolute Gasteiger partial charge is 0.358 e. The number of nitrogens with zero attached hydrogens (tertiary/aromatic N) is 1. The zero-order valence-corrected chi connectivity index (χ0v) is 13.6. The van der Waals surface area contributed by atoms with Crippen LogP contribution in [0.3, 0.4) is 0 Å². The molecule has 4 nitrogen and oxygen atoms in total. The van der Waals surface area contributed by atoms with E-state index in [4.69, 9.17) is 11.6 Å². The van der Waals surface area contributed by atoms with Crippen LogP contribution < -0.4 is 10.6 Å². The maximum absolute atomic E-state index is 12.3. The third-order valence-electron chi connectivity index (χ3n) is 3.91. The number of anilines is 1. The second kappa shape index (κ2) is 7.49. The molecule has 5 heteroatoms. The molecule has 0 unspecified atom stereocenters. The Hall–Kier alpha value is -2.04. The molecule has 0 aromatic heterocycles. The molecule has 0 saturated heterocycles. The lowest BCUT2D eigenvalue weighted by atomic mass is 10.0. The Labute approximate surface area is 141 Å². The number of benzene rings is 1. The predicted octanol–water partition coefficient (Wildman–Crippen LogP) is 2.95. The molecule has 0 radical (unpaired) electrons. The van der Waals surface area contributed by atoms with E-state index in [0.29, 0.717) is 11.6 Å². The molecule has 120 valence electrons. The van der Waals surface area contributed by atoms with Crippen LogP contribution in [0.5, 0.6) is 0 Å². The predicted molar refractivity (Wildman–Crippen MR) is 94.4 cm³/mol. The fraction of sp³-hybridized carbons (Fsp3) is 0.278. The van der Waals surface area contributed by atoms with Crippen LogP contribution >= 0.6 is 11.6 Å². The van der Waals surface area contributed by atoms with E-state index in [1.54, 1.807) is 12.1 Å². The first-order valence-corrected chi connectivity index (χ1v) is 8.17. The van der Waals surface area contributed by atoms with Crippen molar-refractivity contribution in [3.63, 3.8) is 0 Å². The number of halogens is 1. The Morgan fingerprint density at radius 2 is 2.13 bits per heavy atom. The minimum Gasteiger partial charge on any atom is -0.358 e. The second-order valence-electron chi connectivity index (χ2n) is 5.60. The summed E-state index contributed by atoms with van der Waals surface area (Å²) in [6.45, 7) is 2.97. The van der Waals surface area contributed by atoms with Crippen molar-refractivity contribution in [3.8, 4) is 0 Å². The number of rotatable bonds is 4. The number of nitrogens with one attached hydrogen (secondary N) is 2. The Balaban J connectivity index is 1.64. The van der Waals surface area contributed by atoms with Crippen LogP contribution in [-0.4, -0.2) is 37.0 Å². The van der Waals surface area contributed by atoms with Crippen LogP contribution in [0.1, 0.15) is 6.42 Å². The molecular formula is C18H20ClN3O. The van der Waals surface area contributed by atoms with Gasteiger partial charge >= 0.3 is 0 Å². The van der Waals surface area contributed by atoms with E-state index >= 15 is 0 Å². The van der Waals surface area contributed by atoms with Gasteiger partial charge in [-0.2, -0.15) is 0 Å². The van der Waals surface area contributed by atoms with Gasteiger partial charge in [0.15, 0.2) is 0 Å². The van der Waals surface area contributed by atoms with Gasteiger partial charge in [-0.15, -0.1) is 0 Å². The van der Waals surface area contributed by atoms with Gasteiger partial charge in [0.1, 0.15) is 0 Å². The highest BCUT2D eigenvalue weighted by Gasteiger charge is 2.18. The van der Waals surface area contributed by atoms with Gasteiger partial charge in [-0.1, -0.05) is 29.8 Å². The van der Waals surface area contributed by atoms with Crippen LogP contribution in [0.15, 0.2) is 59.8 Å². The highest BCUT2D eigenvalue weighted by atomic mass is 35.5. The average molecular weight is 330 g/mol. The minimum atomic E-state index is -0.0249. The Morgan fingerprint density at radius 3 is 2.87 bits per heavy atom. The topological polar surface area (TPSA) is 44.4 Å². The number of allylic oxidation sites excluding steroid dienone is 3. The summed E-state index contributed by atoms with van der Waals surface area (Å²) in [5.41, 5.74) is 3.23. The zero-order chi connectivity index (χ0) is 16.1. The molecule has 2 aliphatic rings. The highest BCUT2D eigenvalue weighted by Crippen LogP contribution is 2.22. The van der Waals surface area contributed by atoms with Crippen molar-refractivity contribution in [2.24, 2.45) is 0 Å². The molecule has 3 rings (SSSR count). The lowest BCUT2D eigenvalue weighted by Gasteiger charge is -2.30. The molecule has 0 aliphatic carbocycles. The van der Waals surface area contributed by atoms with Gasteiger partial charge in [-0.05, 0) is 48.9 Å². The van der Waals surface area contributed by atoms with Crippen molar-refractivity contribution in [1.29, 1.82) is 0 Å². The SMILES string of the molecule is O=C(CN1CC=CC=C1C1=CCNCC1)Nc1ccc(Cl)cc1. The Bertz CT molecular complexity index is 661. The van der Waals surface area contributed by atoms with Crippen molar-refractivity contribution < 1.29 is 4.79 Å². The first-order valence-electron chi connectivity index (χ1n) is 7.80. The van der Waals surface area contributed by atoms with Gasteiger partial charge in [0.05, 0.1) is 6.54 Å². The van der Waals surface area contributed by atoms with Gasteiger partial charge in [0.2, 0.25) is 5.91 Å². The van der Waals surface area contributed by atoms with Gasteiger partial charge in [0.25, 0.3) is 0 Å². The molecule has 0 bridgehead atoms. The maximum atomic E-state index is 12.3. The Morgan fingerprint density at radius 1 is 1.30 bits per heavy atom. The van der Waals surface area contributed by atoms with Gasteiger partial charge in [0, 0.05) is 29.5 Å². The fourth-order valence-corrected chi connectivity index (χ4v) is 2.90. The van der Waals surface area contributed by atoms with E-state index in [9.17, 15) is 4.79 Å².